The lowest BCUT2D eigenvalue weighted by Crippen LogP contribution is -2.07. The lowest BCUT2D eigenvalue weighted by atomic mass is 10.1. The topological polar surface area (TPSA) is 64.1 Å². The number of ether oxygens (including phenoxy) is 1. The first-order valence-corrected chi connectivity index (χ1v) is 12.1. The number of hydrogen-bond donors (Lipinski definition) is 1. The van der Waals surface area contributed by atoms with Gasteiger partial charge in [0.2, 0.25) is 0 Å². The number of aromatic nitrogens is 2. The van der Waals surface area contributed by atoms with E-state index in [0.29, 0.717) is 17.3 Å². The molecule has 0 aliphatic carbocycles. The van der Waals surface area contributed by atoms with Gasteiger partial charge in [-0.3, -0.25) is 0 Å². The molecule has 0 saturated heterocycles. The van der Waals surface area contributed by atoms with Crippen LogP contribution in [0.4, 0.5) is 10.9 Å². The molecule has 4 heterocycles. The number of carbonyl (C=O) groups is 1. The van der Waals surface area contributed by atoms with Crippen LogP contribution in [0.15, 0.2) is 47.3 Å². The minimum absolute atomic E-state index is 0.390. The first-order chi connectivity index (χ1) is 14.5. The molecule has 0 aliphatic heterocycles. The zero-order valence-electron chi connectivity index (χ0n) is 16.8. The molecule has 0 unspecified atom stereocenters. The van der Waals surface area contributed by atoms with E-state index < -0.39 is 5.97 Å². The molecule has 0 bridgehead atoms. The Kier molecular flexibility index (Phi) is 6.26. The molecule has 0 saturated carbocycles. The van der Waals surface area contributed by atoms with Crippen LogP contribution < -0.4 is 5.32 Å². The minimum atomic E-state index is -0.430. The van der Waals surface area contributed by atoms with E-state index in [1.807, 2.05) is 29.6 Å². The minimum Gasteiger partial charge on any atom is -0.465 e. The number of anilines is 2. The first-order valence-electron chi connectivity index (χ1n) is 9.48. The number of nitrogens with one attached hydrogen (secondary N) is 1. The van der Waals surface area contributed by atoms with Crippen molar-refractivity contribution < 1.29 is 9.53 Å². The average Bonchev–Trinajstić information content (AvgIpc) is 3.49. The van der Waals surface area contributed by atoms with E-state index in [9.17, 15) is 4.79 Å². The van der Waals surface area contributed by atoms with Crippen LogP contribution in [0.25, 0.3) is 21.0 Å². The van der Waals surface area contributed by atoms with E-state index >= 15 is 0 Å². The molecule has 0 spiro atoms. The van der Waals surface area contributed by atoms with Crippen LogP contribution >= 0.6 is 34.0 Å². The van der Waals surface area contributed by atoms with Crippen molar-refractivity contribution in [1.29, 1.82) is 0 Å². The fourth-order valence-corrected chi connectivity index (χ4v) is 5.73. The summed E-state index contributed by atoms with van der Waals surface area (Å²) in [5.41, 5.74) is 2.28. The van der Waals surface area contributed by atoms with Gasteiger partial charge in [-0.05, 0) is 41.3 Å². The Labute approximate surface area is 187 Å². The molecule has 154 valence electrons. The summed E-state index contributed by atoms with van der Waals surface area (Å²) in [6.07, 6.45) is 2.71. The summed E-state index contributed by atoms with van der Waals surface area (Å²) in [5.74, 6) is 0.538. The van der Waals surface area contributed by atoms with Crippen molar-refractivity contribution in [2.75, 3.05) is 12.4 Å². The summed E-state index contributed by atoms with van der Waals surface area (Å²) in [6.45, 7) is 4.40. The highest BCUT2D eigenvalue weighted by molar-refractivity contribution is 7.17. The summed E-state index contributed by atoms with van der Waals surface area (Å²) in [7, 11) is 1.38. The van der Waals surface area contributed by atoms with Gasteiger partial charge < -0.3 is 10.1 Å². The summed E-state index contributed by atoms with van der Waals surface area (Å²) >= 11 is 4.88. The third kappa shape index (κ3) is 4.45. The van der Waals surface area contributed by atoms with Gasteiger partial charge in [-0.2, -0.15) is 0 Å². The molecule has 0 fully saturated rings. The normalized spacial score (nSPS) is 11.1. The number of thiazole rings is 1. The van der Waals surface area contributed by atoms with E-state index in [1.54, 1.807) is 40.2 Å². The monoisotopic (exact) mass is 455 g/mol. The second-order valence-corrected chi connectivity index (χ2v) is 10.1. The van der Waals surface area contributed by atoms with Crippen molar-refractivity contribution >= 4 is 50.9 Å². The van der Waals surface area contributed by atoms with Crippen molar-refractivity contribution in [3.05, 3.63) is 57.7 Å². The predicted molar refractivity (Wildman–Crippen MR) is 126 cm³/mol. The Morgan fingerprint density at radius 2 is 1.90 bits per heavy atom. The standard InChI is InChI=1S/C22H21N3O2S3/c1-13(2)10-18-19(17-7-5-9-29-17)24-22(30-18)25-20-15(21(26)27-3)11-14(12-23-20)16-6-4-8-28-16/h4-9,11-13H,10H2,1-3H3,(H,23,24,25). The molecular formula is C22H21N3O2S3. The molecule has 4 aromatic rings. The molecule has 1 N–H and O–H groups in total. The maximum Gasteiger partial charge on any atom is 0.341 e. The number of methoxy groups -OCH3 is 1. The van der Waals surface area contributed by atoms with Gasteiger partial charge in [-0.1, -0.05) is 26.0 Å². The summed E-state index contributed by atoms with van der Waals surface area (Å²) in [5, 5.41) is 8.03. The molecule has 0 aliphatic rings. The van der Waals surface area contributed by atoms with Gasteiger partial charge in [-0.15, -0.1) is 34.0 Å². The van der Waals surface area contributed by atoms with Crippen LogP contribution in [-0.4, -0.2) is 23.0 Å². The maximum atomic E-state index is 12.4. The molecule has 5 nitrogen and oxygen atoms in total. The van der Waals surface area contributed by atoms with Crippen LogP contribution in [0.1, 0.15) is 29.1 Å². The largest absolute Gasteiger partial charge is 0.465 e. The van der Waals surface area contributed by atoms with Gasteiger partial charge in [-0.25, -0.2) is 14.8 Å². The third-order valence-corrected chi connectivity index (χ3v) is 7.16. The second kappa shape index (κ2) is 9.07. The molecule has 0 atom stereocenters. The van der Waals surface area contributed by atoms with Crippen LogP contribution in [0, 0.1) is 5.92 Å². The molecule has 0 amide bonds. The van der Waals surface area contributed by atoms with Crippen molar-refractivity contribution in [2.24, 2.45) is 5.92 Å². The SMILES string of the molecule is COC(=O)c1cc(-c2cccs2)cnc1Nc1nc(-c2cccs2)c(CC(C)C)s1. The lowest BCUT2D eigenvalue weighted by molar-refractivity contribution is 0.0601. The number of hydrogen-bond acceptors (Lipinski definition) is 8. The Morgan fingerprint density at radius 3 is 2.53 bits per heavy atom. The van der Waals surface area contributed by atoms with Gasteiger partial charge >= 0.3 is 5.97 Å². The third-order valence-electron chi connectivity index (χ3n) is 4.37. The molecule has 0 aromatic carbocycles. The van der Waals surface area contributed by atoms with Crippen molar-refractivity contribution in [2.45, 2.75) is 20.3 Å². The van der Waals surface area contributed by atoms with E-state index in [1.165, 1.54) is 12.0 Å². The van der Waals surface area contributed by atoms with Crippen molar-refractivity contribution in [3.63, 3.8) is 0 Å². The van der Waals surface area contributed by atoms with Gasteiger partial charge in [0.15, 0.2) is 5.13 Å². The number of esters is 1. The van der Waals surface area contributed by atoms with Crippen LogP contribution in [0.5, 0.6) is 0 Å². The smallest absolute Gasteiger partial charge is 0.341 e. The van der Waals surface area contributed by atoms with E-state index in [0.717, 1.165) is 32.6 Å². The number of rotatable bonds is 7. The van der Waals surface area contributed by atoms with Gasteiger partial charge in [0.1, 0.15) is 11.4 Å². The zero-order chi connectivity index (χ0) is 21.1. The van der Waals surface area contributed by atoms with Crippen LogP contribution in [0.2, 0.25) is 0 Å². The summed E-state index contributed by atoms with van der Waals surface area (Å²) < 4.78 is 5.00. The molecular weight excluding hydrogens is 434 g/mol. The highest BCUT2D eigenvalue weighted by atomic mass is 32.1. The Morgan fingerprint density at radius 1 is 1.17 bits per heavy atom. The fraction of sp³-hybridized carbons (Fsp3) is 0.227. The summed E-state index contributed by atoms with van der Waals surface area (Å²) in [4.78, 5) is 25.2. The molecule has 4 rings (SSSR count). The van der Waals surface area contributed by atoms with E-state index in [-0.39, 0.29) is 0 Å². The summed E-state index contributed by atoms with van der Waals surface area (Å²) in [6, 6.07) is 9.91. The number of thiophene rings is 2. The first kappa shape index (κ1) is 20.7. The molecule has 8 heteroatoms. The highest BCUT2D eigenvalue weighted by Crippen LogP contribution is 2.37. The van der Waals surface area contributed by atoms with E-state index in [2.05, 4.69) is 35.6 Å². The van der Waals surface area contributed by atoms with E-state index in [4.69, 9.17) is 9.72 Å². The quantitative estimate of drug-likeness (QED) is 0.313. The fourth-order valence-electron chi connectivity index (χ4n) is 3.03. The average molecular weight is 456 g/mol. The van der Waals surface area contributed by atoms with Crippen LogP contribution in [-0.2, 0) is 11.2 Å². The van der Waals surface area contributed by atoms with Gasteiger partial charge in [0, 0.05) is 21.5 Å². The number of carbonyl (C=O) groups excluding carboxylic acids is 1. The highest BCUT2D eigenvalue weighted by Gasteiger charge is 2.19. The Balaban J connectivity index is 1.70. The van der Waals surface area contributed by atoms with Crippen molar-refractivity contribution in [3.8, 4) is 21.0 Å². The number of pyridine rings is 1. The molecule has 4 aromatic heterocycles. The van der Waals surface area contributed by atoms with Gasteiger partial charge in [0.25, 0.3) is 0 Å². The lowest BCUT2D eigenvalue weighted by Gasteiger charge is -2.09. The van der Waals surface area contributed by atoms with Gasteiger partial charge in [0.05, 0.1) is 17.7 Å². The van der Waals surface area contributed by atoms with Crippen molar-refractivity contribution in [1.82, 2.24) is 9.97 Å². The maximum absolute atomic E-state index is 12.4. The zero-order valence-corrected chi connectivity index (χ0v) is 19.3. The Hall–Kier alpha value is -2.55. The predicted octanol–water partition coefficient (Wildman–Crippen LogP) is 6.72. The molecule has 30 heavy (non-hydrogen) atoms. The van der Waals surface area contributed by atoms with Crippen LogP contribution in [0.3, 0.4) is 0 Å². The Bertz CT molecular complexity index is 1130. The number of nitrogens with zero attached hydrogens (tertiary/aromatic N) is 2. The second-order valence-electron chi connectivity index (χ2n) is 7.08. The molecule has 0 radical (unpaired) electrons.